The molecule has 9 heteroatoms. The maximum Gasteiger partial charge on any atom is 0.313 e. The molecule has 0 saturated heterocycles. The number of ether oxygens (including phenoxy) is 1. The summed E-state index contributed by atoms with van der Waals surface area (Å²) in [7, 11) is 0. The second kappa shape index (κ2) is 11.3. The van der Waals surface area contributed by atoms with Crippen LogP contribution in [0, 0.1) is 0 Å². The van der Waals surface area contributed by atoms with Gasteiger partial charge in [0.1, 0.15) is 11.5 Å². The summed E-state index contributed by atoms with van der Waals surface area (Å²) >= 11 is 4.37. The van der Waals surface area contributed by atoms with E-state index in [2.05, 4.69) is 4.98 Å². The maximum atomic E-state index is 11.6. The smallest absolute Gasteiger partial charge is 0.313 e. The zero-order chi connectivity index (χ0) is 20.5. The molecule has 0 spiro atoms. The monoisotopic (exact) mass is 441 g/mol. The maximum absolute atomic E-state index is 11.6. The van der Waals surface area contributed by atoms with Gasteiger partial charge in [-0.05, 0) is 31.9 Å². The van der Waals surface area contributed by atoms with E-state index in [-0.39, 0.29) is 17.3 Å². The fourth-order valence-electron chi connectivity index (χ4n) is 2.44. The summed E-state index contributed by atoms with van der Waals surface area (Å²) in [5.74, 6) is 0.489. The summed E-state index contributed by atoms with van der Waals surface area (Å²) in [4.78, 5) is 26.4. The molecule has 0 fully saturated rings. The zero-order valence-electron chi connectivity index (χ0n) is 15.8. The fourth-order valence-corrected chi connectivity index (χ4v) is 5.35. The summed E-state index contributed by atoms with van der Waals surface area (Å²) in [6.07, 6.45) is 4.06. The first-order valence-corrected chi connectivity index (χ1v) is 11.6. The SMILES string of the molecule is CCCc1c(OCCCSc2cnc(SCC(=O)O)s2)ccc(C(C)=O)c1O. The highest BCUT2D eigenvalue weighted by molar-refractivity contribution is 8.03. The van der Waals surface area contributed by atoms with Crippen LogP contribution in [0.4, 0.5) is 0 Å². The number of ketones is 1. The van der Waals surface area contributed by atoms with Crippen LogP contribution in [0.3, 0.4) is 0 Å². The van der Waals surface area contributed by atoms with E-state index in [1.807, 2.05) is 6.92 Å². The lowest BCUT2D eigenvalue weighted by atomic mass is 10.0. The van der Waals surface area contributed by atoms with Gasteiger partial charge < -0.3 is 14.9 Å². The molecule has 2 aromatic rings. The number of hydrogen-bond donors (Lipinski definition) is 2. The summed E-state index contributed by atoms with van der Waals surface area (Å²) in [5.41, 5.74) is 1.01. The largest absolute Gasteiger partial charge is 0.507 e. The van der Waals surface area contributed by atoms with Crippen molar-refractivity contribution in [2.45, 2.75) is 41.7 Å². The molecular weight excluding hydrogens is 418 g/mol. The minimum absolute atomic E-state index is 0.0147. The lowest BCUT2D eigenvalue weighted by Gasteiger charge is -2.14. The predicted molar refractivity (Wildman–Crippen MR) is 113 cm³/mol. The Kier molecular flexibility index (Phi) is 9.14. The predicted octanol–water partition coefficient (Wildman–Crippen LogP) is 4.74. The normalized spacial score (nSPS) is 10.8. The van der Waals surface area contributed by atoms with Gasteiger partial charge in [-0.25, -0.2) is 4.98 Å². The molecule has 0 aliphatic rings. The van der Waals surface area contributed by atoms with E-state index in [0.29, 0.717) is 29.9 Å². The van der Waals surface area contributed by atoms with Crippen LogP contribution in [0.25, 0.3) is 0 Å². The molecule has 0 aliphatic heterocycles. The van der Waals surface area contributed by atoms with Crippen LogP contribution in [-0.2, 0) is 11.2 Å². The van der Waals surface area contributed by atoms with Gasteiger partial charge in [0.15, 0.2) is 10.1 Å². The fraction of sp³-hybridized carbons (Fsp3) is 0.421. The highest BCUT2D eigenvalue weighted by atomic mass is 32.2. The molecule has 28 heavy (non-hydrogen) atoms. The van der Waals surface area contributed by atoms with Gasteiger partial charge in [-0.2, -0.15) is 0 Å². The minimum Gasteiger partial charge on any atom is -0.507 e. The molecule has 0 saturated carbocycles. The Hall–Kier alpha value is -1.71. The van der Waals surface area contributed by atoms with Crippen LogP contribution >= 0.6 is 34.9 Å². The van der Waals surface area contributed by atoms with Crippen molar-refractivity contribution < 1.29 is 24.5 Å². The molecule has 0 bridgehead atoms. The number of thiazole rings is 1. The number of nitrogens with zero attached hydrogens (tertiary/aromatic N) is 1. The summed E-state index contributed by atoms with van der Waals surface area (Å²) in [5, 5.41) is 19.0. The van der Waals surface area contributed by atoms with E-state index < -0.39 is 5.97 Å². The van der Waals surface area contributed by atoms with Crippen LogP contribution in [-0.4, -0.2) is 45.1 Å². The Labute approximate surface area is 176 Å². The van der Waals surface area contributed by atoms with Gasteiger partial charge in [-0.15, -0.1) is 23.1 Å². The van der Waals surface area contributed by atoms with Crippen molar-refractivity contribution in [3.63, 3.8) is 0 Å². The second-order valence-corrected chi connectivity index (χ2v) is 9.57. The van der Waals surface area contributed by atoms with Crippen LogP contribution in [0.1, 0.15) is 42.6 Å². The standard InChI is InChI=1S/C19H23NO5S3/c1-3-5-14-15(7-6-13(12(2)21)18(14)24)25-8-4-9-26-17-10-20-19(28-17)27-11-16(22)23/h6-7,10,24H,3-5,8-9,11H2,1-2H3,(H,22,23). The lowest BCUT2D eigenvalue weighted by Crippen LogP contribution is -2.04. The van der Waals surface area contributed by atoms with Crippen LogP contribution in [0.2, 0.25) is 0 Å². The Morgan fingerprint density at radius 1 is 1.29 bits per heavy atom. The molecule has 1 aromatic heterocycles. The summed E-state index contributed by atoms with van der Waals surface area (Å²) in [6, 6.07) is 3.36. The van der Waals surface area contributed by atoms with Crippen LogP contribution in [0.5, 0.6) is 11.5 Å². The van der Waals surface area contributed by atoms with Crippen LogP contribution in [0.15, 0.2) is 26.9 Å². The van der Waals surface area contributed by atoms with Crippen molar-refractivity contribution in [2.24, 2.45) is 0 Å². The van der Waals surface area contributed by atoms with Crippen molar-refractivity contribution in [1.82, 2.24) is 4.98 Å². The van der Waals surface area contributed by atoms with Crippen molar-refractivity contribution in [3.8, 4) is 11.5 Å². The van der Waals surface area contributed by atoms with E-state index in [9.17, 15) is 14.7 Å². The minimum atomic E-state index is -0.851. The van der Waals surface area contributed by atoms with Gasteiger partial charge in [-0.1, -0.05) is 25.1 Å². The topological polar surface area (TPSA) is 96.7 Å². The Balaban J connectivity index is 1.82. The molecule has 152 valence electrons. The van der Waals surface area contributed by atoms with E-state index >= 15 is 0 Å². The molecule has 0 atom stereocenters. The number of carboxylic acid groups (broad SMARTS) is 1. The molecular formula is C19H23NO5S3. The first kappa shape index (κ1) is 22.6. The van der Waals surface area contributed by atoms with Crippen molar-refractivity contribution >= 4 is 46.6 Å². The number of carboxylic acids is 1. The molecule has 0 unspecified atom stereocenters. The number of aromatic hydroxyl groups is 1. The number of benzene rings is 1. The average Bonchev–Trinajstić information content (AvgIpc) is 3.10. The van der Waals surface area contributed by atoms with Gasteiger partial charge in [0.05, 0.1) is 28.3 Å². The second-order valence-electron chi connectivity index (χ2n) is 5.92. The third kappa shape index (κ3) is 6.72. The Morgan fingerprint density at radius 2 is 2.07 bits per heavy atom. The number of phenolic OH excluding ortho intramolecular Hbond substituents is 1. The molecule has 2 rings (SSSR count). The highest BCUT2D eigenvalue weighted by Crippen LogP contribution is 2.34. The molecule has 1 aromatic carbocycles. The summed E-state index contributed by atoms with van der Waals surface area (Å²) < 4.78 is 7.65. The van der Waals surface area contributed by atoms with E-state index in [0.717, 1.165) is 27.1 Å². The number of aromatic nitrogens is 1. The van der Waals surface area contributed by atoms with Crippen molar-refractivity contribution in [1.29, 1.82) is 0 Å². The van der Waals surface area contributed by atoms with Gasteiger partial charge in [0, 0.05) is 11.3 Å². The number of carbonyl (C=O) groups is 2. The number of carbonyl (C=O) groups excluding carboxylic acids is 1. The van der Waals surface area contributed by atoms with Crippen LogP contribution < -0.4 is 4.74 Å². The molecule has 0 radical (unpaired) electrons. The Morgan fingerprint density at radius 3 is 2.75 bits per heavy atom. The highest BCUT2D eigenvalue weighted by Gasteiger charge is 2.15. The van der Waals surface area contributed by atoms with Crippen molar-refractivity contribution in [3.05, 3.63) is 29.5 Å². The number of aliphatic carboxylic acids is 1. The van der Waals surface area contributed by atoms with E-state index in [1.165, 1.54) is 30.0 Å². The molecule has 2 N–H and O–H groups in total. The summed E-state index contributed by atoms with van der Waals surface area (Å²) in [6.45, 7) is 3.95. The third-order valence-electron chi connectivity index (χ3n) is 3.69. The van der Waals surface area contributed by atoms with Gasteiger partial charge in [0.2, 0.25) is 0 Å². The quantitative estimate of drug-likeness (QED) is 0.277. The van der Waals surface area contributed by atoms with E-state index in [1.54, 1.807) is 30.1 Å². The van der Waals surface area contributed by atoms with Gasteiger partial charge in [-0.3, -0.25) is 9.59 Å². The third-order valence-corrected chi connectivity index (χ3v) is 7.11. The van der Waals surface area contributed by atoms with Gasteiger partial charge >= 0.3 is 5.97 Å². The Bertz CT molecular complexity index is 822. The number of hydrogen-bond acceptors (Lipinski definition) is 8. The van der Waals surface area contributed by atoms with E-state index in [4.69, 9.17) is 9.84 Å². The number of phenols is 1. The first-order valence-electron chi connectivity index (χ1n) is 8.84. The van der Waals surface area contributed by atoms with Crippen molar-refractivity contribution in [2.75, 3.05) is 18.1 Å². The molecule has 6 nitrogen and oxygen atoms in total. The molecule has 0 aliphatic carbocycles. The number of thioether (sulfide) groups is 2. The molecule has 0 amide bonds. The van der Waals surface area contributed by atoms with Gasteiger partial charge in [0.25, 0.3) is 0 Å². The number of rotatable bonds is 12. The first-order chi connectivity index (χ1) is 13.4. The number of Topliss-reactive ketones (excluding diaryl/α,β-unsaturated/α-hetero) is 1. The zero-order valence-corrected chi connectivity index (χ0v) is 18.2. The lowest BCUT2D eigenvalue weighted by molar-refractivity contribution is -0.133. The average molecular weight is 442 g/mol. The molecule has 1 heterocycles.